The zero-order valence-corrected chi connectivity index (χ0v) is 12.1. The highest BCUT2D eigenvalue weighted by Gasteiger charge is 2.09. The van der Waals surface area contributed by atoms with Crippen molar-refractivity contribution in [2.45, 2.75) is 26.9 Å². The number of hydrogen-bond acceptors (Lipinski definition) is 7. The Balaban J connectivity index is 2.23. The number of ether oxygens (including phenoxy) is 1. The summed E-state index contributed by atoms with van der Waals surface area (Å²) >= 11 is 0. The van der Waals surface area contributed by atoms with Crippen LogP contribution in [0, 0.1) is 0 Å². The van der Waals surface area contributed by atoms with Gasteiger partial charge in [0.15, 0.2) is 5.82 Å². The fourth-order valence-corrected chi connectivity index (χ4v) is 1.51. The van der Waals surface area contributed by atoms with Crippen LogP contribution in [0.3, 0.4) is 0 Å². The van der Waals surface area contributed by atoms with Gasteiger partial charge in [0.2, 0.25) is 11.9 Å². The molecule has 0 atom stereocenters. The highest BCUT2D eigenvalue weighted by atomic mass is 16.5. The highest BCUT2D eigenvalue weighted by Crippen LogP contribution is 2.15. The second-order valence-electron chi connectivity index (χ2n) is 4.46. The molecule has 2 N–H and O–H groups in total. The average Bonchev–Trinajstić information content (AvgIpc) is 2.74. The topological polar surface area (TPSA) is 89.8 Å². The van der Waals surface area contributed by atoms with E-state index in [-0.39, 0.29) is 12.1 Å². The second-order valence-corrected chi connectivity index (χ2v) is 4.46. The molecule has 0 aliphatic heterocycles. The molecule has 0 saturated heterocycles. The van der Waals surface area contributed by atoms with E-state index < -0.39 is 0 Å². The number of nitrogens with zero attached hydrogens (tertiary/aromatic N) is 5. The average molecular weight is 277 g/mol. The molecule has 2 rings (SSSR count). The predicted octanol–water partition coefficient (Wildman–Crippen LogP) is 1.57. The Hall–Kier alpha value is -2.38. The summed E-state index contributed by atoms with van der Waals surface area (Å²) in [7, 11) is 1.84. The lowest BCUT2D eigenvalue weighted by Crippen LogP contribution is -2.13. The quantitative estimate of drug-likeness (QED) is 0.828. The van der Waals surface area contributed by atoms with Crippen LogP contribution in [0.4, 0.5) is 17.7 Å². The molecule has 108 valence electrons. The minimum atomic E-state index is -0.00502. The lowest BCUT2D eigenvalue weighted by Gasteiger charge is -2.10. The van der Waals surface area contributed by atoms with Gasteiger partial charge in [0, 0.05) is 25.9 Å². The van der Waals surface area contributed by atoms with Gasteiger partial charge in [-0.2, -0.15) is 20.1 Å². The molecule has 0 amide bonds. The molecule has 0 fully saturated rings. The summed E-state index contributed by atoms with van der Waals surface area (Å²) in [5.41, 5.74) is 0. The molecule has 0 radical (unpaired) electrons. The first-order chi connectivity index (χ1) is 9.56. The van der Waals surface area contributed by atoms with Crippen LogP contribution >= 0.6 is 0 Å². The number of rotatable bonds is 6. The third-order valence-corrected chi connectivity index (χ3v) is 2.24. The SMILES string of the molecule is CCNc1nc(Nc2ccn(C)n2)nc(OC(C)C)n1. The van der Waals surface area contributed by atoms with Crippen molar-refractivity contribution in [3.8, 4) is 6.01 Å². The Morgan fingerprint density at radius 1 is 1.25 bits per heavy atom. The van der Waals surface area contributed by atoms with E-state index in [1.165, 1.54) is 0 Å². The number of nitrogens with one attached hydrogen (secondary N) is 2. The third kappa shape index (κ3) is 3.81. The first-order valence-corrected chi connectivity index (χ1v) is 6.50. The predicted molar refractivity (Wildman–Crippen MR) is 76.2 cm³/mol. The van der Waals surface area contributed by atoms with Crippen molar-refractivity contribution < 1.29 is 4.74 Å². The van der Waals surface area contributed by atoms with Crippen molar-refractivity contribution in [3.63, 3.8) is 0 Å². The van der Waals surface area contributed by atoms with Crippen molar-refractivity contribution in [1.29, 1.82) is 0 Å². The van der Waals surface area contributed by atoms with Gasteiger partial charge < -0.3 is 15.4 Å². The number of aromatic nitrogens is 5. The van der Waals surface area contributed by atoms with Crippen LogP contribution in [0.15, 0.2) is 12.3 Å². The molecule has 0 saturated carbocycles. The molecule has 0 unspecified atom stereocenters. The lowest BCUT2D eigenvalue weighted by molar-refractivity contribution is 0.222. The molecule has 2 aromatic heterocycles. The minimum absolute atomic E-state index is 0.00502. The van der Waals surface area contributed by atoms with Gasteiger partial charge in [-0.3, -0.25) is 4.68 Å². The van der Waals surface area contributed by atoms with Crippen LogP contribution in [0.1, 0.15) is 20.8 Å². The third-order valence-electron chi connectivity index (χ3n) is 2.24. The molecule has 2 aromatic rings. The molecule has 0 bridgehead atoms. The summed E-state index contributed by atoms with van der Waals surface area (Å²) in [5.74, 6) is 1.53. The van der Waals surface area contributed by atoms with Gasteiger partial charge in [0.25, 0.3) is 0 Å². The Bertz CT molecular complexity index is 567. The largest absolute Gasteiger partial charge is 0.461 e. The summed E-state index contributed by atoms with van der Waals surface area (Å²) in [4.78, 5) is 12.7. The highest BCUT2D eigenvalue weighted by molar-refractivity contribution is 5.48. The summed E-state index contributed by atoms with van der Waals surface area (Å²) in [6.07, 6.45) is 1.83. The van der Waals surface area contributed by atoms with Gasteiger partial charge in [-0.15, -0.1) is 0 Å². The zero-order valence-electron chi connectivity index (χ0n) is 12.1. The van der Waals surface area contributed by atoms with Crippen molar-refractivity contribution >= 4 is 17.7 Å². The molecule has 0 aliphatic rings. The number of anilines is 3. The first kappa shape index (κ1) is 14.0. The van der Waals surface area contributed by atoms with E-state index in [2.05, 4.69) is 30.7 Å². The van der Waals surface area contributed by atoms with Crippen molar-refractivity contribution in [3.05, 3.63) is 12.3 Å². The van der Waals surface area contributed by atoms with Gasteiger partial charge in [0.1, 0.15) is 0 Å². The zero-order chi connectivity index (χ0) is 14.5. The monoisotopic (exact) mass is 277 g/mol. The normalized spacial score (nSPS) is 10.7. The van der Waals surface area contributed by atoms with E-state index in [0.29, 0.717) is 24.3 Å². The van der Waals surface area contributed by atoms with Crippen LogP contribution in [-0.2, 0) is 7.05 Å². The molecule has 0 aromatic carbocycles. The van der Waals surface area contributed by atoms with Gasteiger partial charge in [0.05, 0.1) is 6.10 Å². The molecule has 0 aliphatic carbocycles. The van der Waals surface area contributed by atoms with Crippen LogP contribution < -0.4 is 15.4 Å². The van der Waals surface area contributed by atoms with Crippen molar-refractivity contribution in [2.24, 2.45) is 7.05 Å². The van der Waals surface area contributed by atoms with E-state index in [1.54, 1.807) is 4.68 Å². The Morgan fingerprint density at radius 2 is 2.00 bits per heavy atom. The lowest BCUT2D eigenvalue weighted by atomic mass is 10.5. The fraction of sp³-hybridized carbons (Fsp3) is 0.500. The molecule has 20 heavy (non-hydrogen) atoms. The molecule has 2 heterocycles. The van der Waals surface area contributed by atoms with Crippen LogP contribution in [0.25, 0.3) is 0 Å². The fourth-order valence-electron chi connectivity index (χ4n) is 1.51. The van der Waals surface area contributed by atoms with Crippen LogP contribution in [0.5, 0.6) is 6.01 Å². The Morgan fingerprint density at radius 3 is 2.60 bits per heavy atom. The van der Waals surface area contributed by atoms with Crippen LogP contribution in [0.2, 0.25) is 0 Å². The molecule has 8 nitrogen and oxygen atoms in total. The summed E-state index contributed by atoms with van der Waals surface area (Å²) < 4.78 is 7.21. The molecular weight excluding hydrogens is 258 g/mol. The smallest absolute Gasteiger partial charge is 0.323 e. The standard InChI is InChI=1S/C12H19N7O/c1-5-13-10-15-11(14-9-6-7-19(4)18-9)17-12(16-10)20-8(2)3/h6-8H,5H2,1-4H3,(H2,13,14,15,16,17,18). The van der Waals surface area contributed by atoms with Gasteiger partial charge in [-0.1, -0.05) is 0 Å². The maximum atomic E-state index is 5.52. The summed E-state index contributed by atoms with van der Waals surface area (Å²) in [6, 6.07) is 2.11. The van der Waals surface area contributed by atoms with E-state index in [0.717, 1.165) is 0 Å². The molecular formula is C12H19N7O. The summed E-state index contributed by atoms with van der Waals surface area (Å²) in [5, 5.41) is 10.3. The van der Waals surface area contributed by atoms with Gasteiger partial charge in [-0.05, 0) is 20.8 Å². The number of hydrogen-bond donors (Lipinski definition) is 2. The maximum Gasteiger partial charge on any atom is 0.323 e. The van der Waals surface area contributed by atoms with Gasteiger partial charge >= 0.3 is 6.01 Å². The van der Waals surface area contributed by atoms with Crippen molar-refractivity contribution in [2.75, 3.05) is 17.2 Å². The Kier molecular flexibility index (Phi) is 4.34. The molecule has 8 heteroatoms. The van der Waals surface area contributed by atoms with Gasteiger partial charge in [-0.25, -0.2) is 0 Å². The Labute approximate surface area is 117 Å². The molecule has 0 spiro atoms. The van der Waals surface area contributed by atoms with E-state index in [1.807, 2.05) is 40.1 Å². The van der Waals surface area contributed by atoms with E-state index >= 15 is 0 Å². The first-order valence-electron chi connectivity index (χ1n) is 6.50. The number of aryl methyl sites for hydroxylation is 1. The maximum absolute atomic E-state index is 5.52. The second kappa shape index (κ2) is 6.18. The minimum Gasteiger partial charge on any atom is -0.461 e. The van der Waals surface area contributed by atoms with E-state index in [4.69, 9.17) is 4.74 Å². The van der Waals surface area contributed by atoms with Crippen molar-refractivity contribution in [1.82, 2.24) is 24.7 Å². The van der Waals surface area contributed by atoms with E-state index in [9.17, 15) is 0 Å². The van der Waals surface area contributed by atoms with Crippen LogP contribution in [-0.4, -0.2) is 37.4 Å². The summed E-state index contributed by atoms with van der Waals surface area (Å²) in [6.45, 7) is 6.53.